The van der Waals surface area contributed by atoms with Crippen molar-refractivity contribution in [3.8, 4) is 5.75 Å². The van der Waals surface area contributed by atoms with Crippen LogP contribution in [0.2, 0.25) is 0 Å². The molecule has 112 valence electrons. The van der Waals surface area contributed by atoms with E-state index in [1.807, 2.05) is 25.1 Å². The van der Waals surface area contributed by atoms with Crippen molar-refractivity contribution in [1.29, 1.82) is 0 Å². The number of hydrogen-bond acceptors (Lipinski definition) is 3. The average molecular weight is 278 g/mol. The monoisotopic (exact) mass is 278 g/mol. The van der Waals surface area contributed by atoms with Gasteiger partial charge in [-0.1, -0.05) is 33.8 Å². The van der Waals surface area contributed by atoms with Gasteiger partial charge in [0.2, 0.25) is 5.91 Å². The predicted molar refractivity (Wildman–Crippen MR) is 83.2 cm³/mol. The molecule has 0 fully saturated rings. The highest BCUT2D eigenvalue weighted by Crippen LogP contribution is 2.31. The third kappa shape index (κ3) is 4.23. The number of nitrogens with two attached hydrogens (primary N) is 1. The van der Waals surface area contributed by atoms with Crippen molar-refractivity contribution in [2.45, 2.75) is 39.5 Å². The third-order valence-corrected chi connectivity index (χ3v) is 3.37. The lowest BCUT2D eigenvalue weighted by atomic mass is 9.86. The van der Waals surface area contributed by atoms with Gasteiger partial charge in [-0.2, -0.15) is 0 Å². The molecule has 1 unspecified atom stereocenters. The number of anilines is 1. The van der Waals surface area contributed by atoms with Crippen LogP contribution in [0.5, 0.6) is 5.75 Å². The largest absolute Gasteiger partial charge is 0.495 e. The summed E-state index contributed by atoms with van der Waals surface area (Å²) in [7, 11) is 1.60. The van der Waals surface area contributed by atoms with Gasteiger partial charge in [0.15, 0.2) is 0 Å². The van der Waals surface area contributed by atoms with E-state index >= 15 is 0 Å². The predicted octanol–water partition coefficient (Wildman–Crippen LogP) is 2.92. The van der Waals surface area contributed by atoms with Crippen molar-refractivity contribution in [2.75, 3.05) is 19.0 Å². The molecule has 3 N–H and O–H groups in total. The van der Waals surface area contributed by atoms with E-state index in [1.54, 1.807) is 7.11 Å². The van der Waals surface area contributed by atoms with Crippen molar-refractivity contribution in [1.82, 2.24) is 0 Å². The SMILES string of the molecule is COc1ccc(C(C)(C)C)cc1NC(=O)C(C)CCN. The van der Waals surface area contributed by atoms with Gasteiger partial charge in [-0.25, -0.2) is 0 Å². The molecule has 4 nitrogen and oxygen atoms in total. The fourth-order valence-corrected chi connectivity index (χ4v) is 1.91. The summed E-state index contributed by atoms with van der Waals surface area (Å²) in [5.41, 5.74) is 7.38. The molecule has 0 radical (unpaired) electrons. The molecule has 0 aliphatic carbocycles. The van der Waals surface area contributed by atoms with Gasteiger partial charge in [0, 0.05) is 5.92 Å². The summed E-state index contributed by atoms with van der Waals surface area (Å²) >= 11 is 0. The summed E-state index contributed by atoms with van der Waals surface area (Å²) in [6.45, 7) is 8.79. The molecule has 1 aromatic rings. The van der Waals surface area contributed by atoms with E-state index in [0.717, 1.165) is 5.56 Å². The lowest BCUT2D eigenvalue weighted by molar-refractivity contribution is -0.119. The lowest BCUT2D eigenvalue weighted by Gasteiger charge is -2.21. The first-order chi connectivity index (χ1) is 9.29. The Labute approximate surface area is 121 Å². The van der Waals surface area contributed by atoms with Crippen LogP contribution in [0.1, 0.15) is 39.7 Å². The zero-order valence-electron chi connectivity index (χ0n) is 13.1. The Kier molecular flexibility index (Phi) is 5.57. The van der Waals surface area contributed by atoms with Crippen molar-refractivity contribution in [3.63, 3.8) is 0 Å². The van der Waals surface area contributed by atoms with Crippen LogP contribution in [0.25, 0.3) is 0 Å². The standard InChI is InChI=1S/C16H26N2O2/c1-11(8-9-17)15(19)18-13-10-12(16(2,3)4)6-7-14(13)20-5/h6-7,10-11H,8-9,17H2,1-5H3,(H,18,19). The van der Waals surface area contributed by atoms with E-state index in [1.165, 1.54) is 0 Å². The number of nitrogens with one attached hydrogen (secondary N) is 1. The number of rotatable bonds is 5. The van der Waals surface area contributed by atoms with E-state index in [2.05, 4.69) is 26.1 Å². The third-order valence-electron chi connectivity index (χ3n) is 3.37. The molecule has 0 heterocycles. The topological polar surface area (TPSA) is 64.3 Å². The number of carbonyl (C=O) groups is 1. The summed E-state index contributed by atoms with van der Waals surface area (Å²) < 4.78 is 5.31. The molecule has 0 saturated heterocycles. The second kappa shape index (κ2) is 6.75. The van der Waals surface area contributed by atoms with Crippen LogP contribution < -0.4 is 15.8 Å². The smallest absolute Gasteiger partial charge is 0.227 e. The first kappa shape index (κ1) is 16.5. The van der Waals surface area contributed by atoms with Crippen LogP contribution in [0, 0.1) is 5.92 Å². The van der Waals surface area contributed by atoms with Gasteiger partial charge in [-0.3, -0.25) is 4.79 Å². The molecular weight excluding hydrogens is 252 g/mol. The second-order valence-corrected chi connectivity index (χ2v) is 6.13. The first-order valence-corrected chi connectivity index (χ1v) is 6.99. The number of amides is 1. The van der Waals surface area contributed by atoms with Gasteiger partial charge in [0.25, 0.3) is 0 Å². The maximum absolute atomic E-state index is 12.1. The molecule has 1 aromatic carbocycles. The zero-order chi connectivity index (χ0) is 15.3. The lowest BCUT2D eigenvalue weighted by Crippen LogP contribution is -2.23. The highest BCUT2D eigenvalue weighted by Gasteiger charge is 2.18. The highest BCUT2D eigenvalue weighted by molar-refractivity contribution is 5.93. The van der Waals surface area contributed by atoms with E-state index in [0.29, 0.717) is 24.4 Å². The molecule has 0 aromatic heterocycles. The summed E-state index contributed by atoms with van der Waals surface area (Å²) in [6.07, 6.45) is 0.674. The van der Waals surface area contributed by atoms with E-state index in [-0.39, 0.29) is 17.2 Å². The number of benzene rings is 1. The van der Waals surface area contributed by atoms with Crippen LogP contribution >= 0.6 is 0 Å². The van der Waals surface area contributed by atoms with Gasteiger partial charge in [0.1, 0.15) is 5.75 Å². The summed E-state index contributed by atoms with van der Waals surface area (Å²) in [5.74, 6) is 0.536. The Hall–Kier alpha value is -1.55. The molecule has 1 rings (SSSR count). The van der Waals surface area contributed by atoms with Gasteiger partial charge in [-0.15, -0.1) is 0 Å². The highest BCUT2D eigenvalue weighted by atomic mass is 16.5. The van der Waals surface area contributed by atoms with Gasteiger partial charge < -0.3 is 15.8 Å². The number of hydrogen-bond donors (Lipinski definition) is 2. The van der Waals surface area contributed by atoms with Gasteiger partial charge in [-0.05, 0) is 36.1 Å². The first-order valence-electron chi connectivity index (χ1n) is 6.99. The minimum absolute atomic E-state index is 0.0224. The molecule has 20 heavy (non-hydrogen) atoms. The Morgan fingerprint density at radius 1 is 1.40 bits per heavy atom. The fraction of sp³-hybridized carbons (Fsp3) is 0.562. The fourth-order valence-electron chi connectivity index (χ4n) is 1.91. The summed E-state index contributed by atoms with van der Waals surface area (Å²) in [6, 6.07) is 5.90. The number of methoxy groups -OCH3 is 1. The molecule has 1 amide bonds. The Morgan fingerprint density at radius 3 is 2.55 bits per heavy atom. The summed E-state index contributed by atoms with van der Waals surface area (Å²) in [5, 5.41) is 2.94. The van der Waals surface area contributed by atoms with Crippen molar-refractivity contribution in [3.05, 3.63) is 23.8 Å². The molecule has 0 aliphatic heterocycles. The van der Waals surface area contributed by atoms with E-state index < -0.39 is 0 Å². The molecular formula is C16H26N2O2. The molecule has 0 aliphatic rings. The van der Waals surface area contributed by atoms with Crippen molar-refractivity contribution in [2.24, 2.45) is 11.7 Å². The maximum atomic E-state index is 12.1. The molecule has 0 saturated carbocycles. The minimum Gasteiger partial charge on any atom is -0.495 e. The number of carbonyl (C=O) groups excluding carboxylic acids is 1. The zero-order valence-corrected chi connectivity index (χ0v) is 13.1. The van der Waals surface area contributed by atoms with Crippen LogP contribution in [0.3, 0.4) is 0 Å². The van der Waals surface area contributed by atoms with Crippen LogP contribution in [0.4, 0.5) is 5.69 Å². The molecule has 1 atom stereocenters. The number of ether oxygens (including phenoxy) is 1. The van der Waals surface area contributed by atoms with Crippen molar-refractivity contribution >= 4 is 11.6 Å². The Bertz CT molecular complexity index is 464. The van der Waals surface area contributed by atoms with Gasteiger partial charge >= 0.3 is 0 Å². The van der Waals surface area contributed by atoms with E-state index in [9.17, 15) is 4.79 Å². The second-order valence-electron chi connectivity index (χ2n) is 6.13. The molecule has 0 bridgehead atoms. The van der Waals surface area contributed by atoms with Gasteiger partial charge in [0.05, 0.1) is 12.8 Å². The van der Waals surface area contributed by atoms with Crippen LogP contribution in [0.15, 0.2) is 18.2 Å². The normalized spacial score (nSPS) is 12.9. The minimum atomic E-state index is -0.108. The quantitative estimate of drug-likeness (QED) is 0.870. The Balaban J connectivity index is 3.00. The Morgan fingerprint density at radius 2 is 2.05 bits per heavy atom. The summed E-state index contributed by atoms with van der Waals surface area (Å²) in [4.78, 5) is 12.1. The van der Waals surface area contributed by atoms with E-state index in [4.69, 9.17) is 10.5 Å². The van der Waals surface area contributed by atoms with Crippen LogP contribution in [-0.4, -0.2) is 19.6 Å². The average Bonchev–Trinajstić information content (AvgIpc) is 2.37. The maximum Gasteiger partial charge on any atom is 0.227 e. The molecule has 4 heteroatoms. The van der Waals surface area contributed by atoms with Crippen LogP contribution in [-0.2, 0) is 10.2 Å². The van der Waals surface area contributed by atoms with Crippen molar-refractivity contribution < 1.29 is 9.53 Å². The molecule has 0 spiro atoms.